The molecule has 2 aromatic carbocycles. The minimum Gasteiger partial charge on any atom is -0.322 e. The Morgan fingerprint density at radius 3 is 2.44 bits per heavy atom. The maximum atomic E-state index is 12.4. The van der Waals surface area contributed by atoms with Crippen molar-refractivity contribution in [2.75, 3.05) is 12.3 Å². The molecular weight excluding hydrogens is 358 g/mol. The maximum absolute atomic E-state index is 12.4. The van der Waals surface area contributed by atoms with Gasteiger partial charge in [-0.3, -0.25) is 14.5 Å². The number of amides is 2. The van der Waals surface area contributed by atoms with Crippen molar-refractivity contribution >= 4 is 46.2 Å². The fourth-order valence-corrected chi connectivity index (χ4v) is 4.03. The third-order valence-corrected chi connectivity index (χ3v) is 5.47. The number of thioether (sulfide) groups is 1. The quantitative estimate of drug-likeness (QED) is 0.519. The smallest absolute Gasteiger partial charge is 0.261 e. The molecule has 2 amide bonds. The Morgan fingerprint density at radius 2 is 1.76 bits per heavy atom. The predicted octanol–water partition coefficient (Wildman–Crippen LogP) is 3.62. The molecule has 0 saturated carbocycles. The van der Waals surface area contributed by atoms with Gasteiger partial charge in [0.2, 0.25) is 0 Å². The third kappa shape index (κ3) is 2.71. The third-order valence-electron chi connectivity index (χ3n) is 4.23. The first-order valence-corrected chi connectivity index (χ1v) is 9.12. The Kier molecular flexibility index (Phi) is 4.01. The zero-order valence-electron chi connectivity index (χ0n) is 13.4. The van der Waals surface area contributed by atoms with Gasteiger partial charge in [-0.05, 0) is 30.3 Å². The van der Waals surface area contributed by atoms with Crippen LogP contribution in [-0.4, -0.2) is 38.6 Å². The first kappa shape index (κ1) is 16.2. The molecule has 0 atom stereocenters. The lowest BCUT2D eigenvalue weighted by Gasteiger charge is -2.13. The van der Waals surface area contributed by atoms with Crippen molar-refractivity contribution < 1.29 is 9.59 Å². The van der Waals surface area contributed by atoms with E-state index < -0.39 is 0 Å². The summed E-state index contributed by atoms with van der Waals surface area (Å²) in [6.45, 7) is 0.348. The highest BCUT2D eigenvalue weighted by Gasteiger charge is 2.34. The molecule has 0 spiro atoms. The average molecular weight is 372 g/mol. The van der Waals surface area contributed by atoms with E-state index in [0.717, 1.165) is 16.2 Å². The second-order valence-corrected chi connectivity index (χ2v) is 7.24. The molecule has 25 heavy (non-hydrogen) atoms. The fourth-order valence-electron chi connectivity index (χ4n) is 2.95. The van der Waals surface area contributed by atoms with Gasteiger partial charge in [-0.1, -0.05) is 35.5 Å². The van der Waals surface area contributed by atoms with Crippen molar-refractivity contribution in [3.63, 3.8) is 0 Å². The summed E-state index contributed by atoms with van der Waals surface area (Å²) in [5.41, 5.74) is 2.79. The van der Waals surface area contributed by atoms with E-state index in [9.17, 15) is 9.59 Å². The number of halogens is 1. The van der Waals surface area contributed by atoms with E-state index in [1.165, 1.54) is 16.7 Å². The Labute approximate surface area is 153 Å². The summed E-state index contributed by atoms with van der Waals surface area (Å²) >= 11 is 7.52. The van der Waals surface area contributed by atoms with Gasteiger partial charge in [0.25, 0.3) is 11.8 Å². The molecule has 0 saturated heterocycles. The number of hydrogen-bond acceptors (Lipinski definition) is 4. The van der Waals surface area contributed by atoms with E-state index in [-0.39, 0.29) is 11.8 Å². The van der Waals surface area contributed by atoms with Gasteiger partial charge >= 0.3 is 0 Å². The van der Waals surface area contributed by atoms with Crippen molar-refractivity contribution in [2.24, 2.45) is 7.05 Å². The zero-order chi connectivity index (χ0) is 17.6. The molecule has 5 nitrogen and oxygen atoms in total. The molecule has 0 radical (unpaired) electrons. The second-order valence-electron chi connectivity index (χ2n) is 5.74. The molecule has 1 aliphatic rings. The molecule has 2 heterocycles. The summed E-state index contributed by atoms with van der Waals surface area (Å²) in [6.07, 6.45) is 0. The molecule has 0 unspecified atom stereocenters. The molecule has 1 aromatic heterocycles. The Bertz CT molecular complexity index is 980. The van der Waals surface area contributed by atoms with Crippen molar-refractivity contribution in [1.29, 1.82) is 0 Å². The van der Waals surface area contributed by atoms with E-state index in [4.69, 9.17) is 11.6 Å². The second kappa shape index (κ2) is 6.20. The van der Waals surface area contributed by atoms with Crippen LogP contribution in [0.15, 0.2) is 47.6 Å². The van der Waals surface area contributed by atoms with Crippen LogP contribution < -0.4 is 0 Å². The highest BCUT2D eigenvalue weighted by Crippen LogP contribution is 2.27. The average Bonchev–Trinajstić information content (AvgIpc) is 3.04. The van der Waals surface area contributed by atoms with Crippen LogP contribution >= 0.6 is 23.4 Å². The minimum atomic E-state index is -0.224. The van der Waals surface area contributed by atoms with E-state index in [0.29, 0.717) is 28.4 Å². The van der Waals surface area contributed by atoms with Crippen molar-refractivity contribution in [2.45, 2.75) is 5.16 Å². The van der Waals surface area contributed by atoms with E-state index in [1.807, 2.05) is 29.8 Å². The van der Waals surface area contributed by atoms with Crippen LogP contribution in [0.1, 0.15) is 20.7 Å². The summed E-state index contributed by atoms with van der Waals surface area (Å²) in [5.74, 6) is 0.132. The summed E-state index contributed by atoms with van der Waals surface area (Å²) in [4.78, 5) is 30.6. The molecule has 126 valence electrons. The fraction of sp³-hybridized carbons (Fsp3) is 0.167. The number of fused-ring (bicyclic) bond motifs is 2. The number of carbonyl (C=O) groups excluding carboxylic acids is 2. The molecule has 7 heteroatoms. The molecule has 0 fully saturated rings. The van der Waals surface area contributed by atoms with Crippen LogP contribution in [0.4, 0.5) is 0 Å². The topological polar surface area (TPSA) is 55.2 Å². The van der Waals surface area contributed by atoms with E-state index in [1.54, 1.807) is 24.3 Å². The van der Waals surface area contributed by atoms with Crippen LogP contribution in [0, 0.1) is 0 Å². The largest absolute Gasteiger partial charge is 0.322 e. The molecule has 3 aromatic rings. The van der Waals surface area contributed by atoms with Crippen molar-refractivity contribution in [3.05, 3.63) is 58.6 Å². The minimum absolute atomic E-state index is 0.224. The first-order valence-electron chi connectivity index (χ1n) is 7.76. The highest BCUT2D eigenvalue weighted by molar-refractivity contribution is 7.99. The van der Waals surface area contributed by atoms with Crippen LogP contribution in [-0.2, 0) is 7.05 Å². The number of hydrogen-bond donors (Lipinski definition) is 0. The Hall–Kier alpha value is -2.31. The number of imidazole rings is 1. The molecule has 0 aliphatic carbocycles. The standard InChI is InChI=1S/C18H14ClN3O2S/c1-21-15-7-6-11(19)10-14(15)20-18(21)25-9-8-22-16(23)12-4-2-3-5-13(12)17(22)24/h2-7,10H,8-9H2,1H3. The lowest BCUT2D eigenvalue weighted by atomic mass is 10.1. The van der Waals surface area contributed by atoms with Gasteiger partial charge < -0.3 is 4.57 Å². The monoisotopic (exact) mass is 371 g/mol. The zero-order valence-corrected chi connectivity index (χ0v) is 15.0. The SMILES string of the molecule is Cn1c(SCCN2C(=O)c3ccccc3C2=O)nc2cc(Cl)ccc21. The van der Waals surface area contributed by atoms with Gasteiger partial charge in [0.1, 0.15) is 0 Å². The van der Waals surface area contributed by atoms with Crippen LogP contribution in [0.5, 0.6) is 0 Å². The van der Waals surface area contributed by atoms with Gasteiger partial charge in [-0.15, -0.1) is 0 Å². The molecular formula is C18H14ClN3O2S. The van der Waals surface area contributed by atoms with E-state index in [2.05, 4.69) is 4.98 Å². The number of nitrogens with zero attached hydrogens (tertiary/aromatic N) is 3. The van der Waals surface area contributed by atoms with Gasteiger partial charge in [0.05, 0.1) is 22.2 Å². The van der Waals surface area contributed by atoms with E-state index >= 15 is 0 Å². The molecule has 0 bridgehead atoms. The Balaban J connectivity index is 1.48. The molecule has 0 N–H and O–H groups in total. The van der Waals surface area contributed by atoms with Gasteiger partial charge in [-0.25, -0.2) is 4.98 Å². The number of imide groups is 1. The number of benzene rings is 2. The lowest BCUT2D eigenvalue weighted by Crippen LogP contribution is -2.31. The van der Waals surface area contributed by atoms with Gasteiger partial charge in [-0.2, -0.15) is 0 Å². The Morgan fingerprint density at radius 1 is 1.08 bits per heavy atom. The van der Waals surface area contributed by atoms with Crippen molar-refractivity contribution in [1.82, 2.24) is 14.5 Å². The summed E-state index contributed by atoms with van der Waals surface area (Å²) < 4.78 is 1.98. The van der Waals surface area contributed by atoms with Crippen LogP contribution in [0.3, 0.4) is 0 Å². The predicted molar refractivity (Wildman–Crippen MR) is 98.3 cm³/mol. The highest BCUT2D eigenvalue weighted by atomic mass is 35.5. The lowest BCUT2D eigenvalue weighted by molar-refractivity contribution is 0.0664. The molecule has 1 aliphatic heterocycles. The van der Waals surface area contributed by atoms with Crippen LogP contribution in [0.25, 0.3) is 11.0 Å². The van der Waals surface area contributed by atoms with Gasteiger partial charge in [0, 0.05) is 24.4 Å². The van der Waals surface area contributed by atoms with Crippen molar-refractivity contribution in [3.8, 4) is 0 Å². The number of aryl methyl sites for hydroxylation is 1. The summed E-state index contributed by atoms with van der Waals surface area (Å²) in [7, 11) is 1.94. The molecule has 4 rings (SSSR count). The van der Waals surface area contributed by atoms with Crippen LogP contribution in [0.2, 0.25) is 5.02 Å². The first-order chi connectivity index (χ1) is 12.1. The summed E-state index contributed by atoms with van der Waals surface area (Å²) in [6, 6.07) is 12.5. The summed E-state index contributed by atoms with van der Waals surface area (Å²) in [5, 5.41) is 1.47. The number of carbonyl (C=O) groups is 2. The normalized spacial score (nSPS) is 13.8. The maximum Gasteiger partial charge on any atom is 0.261 e. The van der Waals surface area contributed by atoms with Gasteiger partial charge in [0.15, 0.2) is 5.16 Å². The number of aromatic nitrogens is 2. The number of rotatable bonds is 4.